The van der Waals surface area contributed by atoms with E-state index < -0.39 is 0 Å². The lowest BCUT2D eigenvalue weighted by Gasteiger charge is -2.06. The molecule has 0 saturated carbocycles. The number of anilines is 1. The highest BCUT2D eigenvalue weighted by molar-refractivity contribution is 5.17. The summed E-state index contributed by atoms with van der Waals surface area (Å²) in [7, 11) is 0. The van der Waals surface area contributed by atoms with Gasteiger partial charge in [0.05, 0.1) is 0 Å². The molecule has 0 aliphatic rings. The van der Waals surface area contributed by atoms with Gasteiger partial charge in [0.25, 0.3) is 5.56 Å². The summed E-state index contributed by atoms with van der Waals surface area (Å²) >= 11 is 0. The Morgan fingerprint density at radius 1 is 1.69 bits per heavy atom. The van der Waals surface area contributed by atoms with E-state index in [2.05, 4.69) is 15.3 Å². The van der Waals surface area contributed by atoms with Crippen molar-refractivity contribution < 1.29 is 0 Å². The maximum absolute atomic E-state index is 11.2. The molecular formula is C8H14N4O. The number of hydrogen-bond donors (Lipinski definition) is 3. The SMILES string of the molecule is CC(C)NCc1cnc(N)[nH]c1=O. The average molecular weight is 182 g/mol. The highest BCUT2D eigenvalue weighted by Crippen LogP contribution is 1.90. The lowest BCUT2D eigenvalue weighted by Crippen LogP contribution is -2.26. The summed E-state index contributed by atoms with van der Waals surface area (Å²) in [4.78, 5) is 17.5. The Morgan fingerprint density at radius 2 is 2.38 bits per heavy atom. The molecule has 0 unspecified atom stereocenters. The molecule has 0 spiro atoms. The van der Waals surface area contributed by atoms with Gasteiger partial charge in [0.15, 0.2) is 5.95 Å². The average Bonchev–Trinajstić information content (AvgIpc) is 2.02. The molecule has 1 rings (SSSR count). The van der Waals surface area contributed by atoms with Crippen LogP contribution in [0.4, 0.5) is 5.95 Å². The molecular weight excluding hydrogens is 168 g/mol. The fourth-order valence-electron chi connectivity index (χ4n) is 0.875. The molecule has 5 heteroatoms. The molecule has 0 aliphatic carbocycles. The van der Waals surface area contributed by atoms with Crippen molar-refractivity contribution >= 4 is 5.95 Å². The van der Waals surface area contributed by atoms with Crippen molar-refractivity contribution in [2.75, 3.05) is 5.73 Å². The Labute approximate surface area is 76.4 Å². The minimum absolute atomic E-state index is 0.151. The van der Waals surface area contributed by atoms with Crippen LogP contribution >= 0.6 is 0 Å². The summed E-state index contributed by atoms with van der Waals surface area (Å²) in [5.41, 5.74) is 5.72. The predicted octanol–water partition coefficient (Wildman–Crippen LogP) is -0.150. The number of aromatic amines is 1. The van der Waals surface area contributed by atoms with Gasteiger partial charge in [0.2, 0.25) is 0 Å². The molecule has 0 bridgehead atoms. The van der Waals surface area contributed by atoms with Crippen LogP contribution in [0.1, 0.15) is 19.4 Å². The number of nitrogens with two attached hydrogens (primary N) is 1. The van der Waals surface area contributed by atoms with Crippen molar-refractivity contribution in [1.29, 1.82) is 0 Å². The highest BCUT2D eigenvalue weighted by Gasteiger charge is 2.00. The number of aromatic nitrogens is 2. The zero-order valence-corrected chi connectivity index (χ0v) is 7.79. The van der Waals surface area contributed by atoms with Crippen molar-refractivity contribution in [1.82, 2.24) is 15.3 Å². The molecule has 13 heavy (non-hydrogen) atoms. The first-order chi connectivity index (χ1) is 6.09. The number of nitrogen functional groups attached to an aromatic ring is 1. The number of hydrogen-bond acceptors (Lipinski definition) is 4. The molecule has 0 radical (unpaired) electrons. The number of rotatable bonds is 3. The number of nitrogens with zero attached hydrogens (tertiary/aromatic N) is 1. The van der Waals surface area contributed by atoms with Gasteiger partial charge in [-0.15, -0.1) is 0 Å². The maximum atomic E-state index is 11.2. The standard InChI is InChI=1S/C8H14N4O/c1-5(2)10-3-6-4-11-8(9)12-7(6)13/h4-5,10H,3H2,1-2H3,(H3,9,11,12,13). The van der Waals surface area contributed by atoms with Crippen molar-refractivity contribution in [2.24, 2.45) is 0 Å². The van der Waals surface area contributed by atoms with E-state index in [1.165, 1.54) is 6.20 Å². The first-order valence-electron chi connectivity index (χ1n) is 4.16. The molecule has 1 aromatic rings. The van der Waals surface area contributed by atoms with Crippen LogP contribution in [0.15, 0.2) is 11.0 Å². The fourth-order valence-corrected chi connectivity index (χ4v) is 0.875. The second-order valence-electron chi connectivity index (χ2n) is 3.16. The third-order valence-corrected chi connectivity index (χ3v) is 1.59. The lowest BCUT2D eigenvalue weighted by atomic mass is 10.3. The molecule has 0 fully saturated rings. The summed E-state index contributed by atoms with van der Waals surface area (Å²) < 4.78 is 0. The minimum atomic E-state index is -0.180. The van der Waals surface area contributed by atoms with E-state index in [0.29, 0.717) is 18.2 Å². The Balaban J connectivity index is 2.73. The van der Waals surface area contributed by atoms with Gasteiger partial charge in [-0.3, -0.25) is 9.78 Å². The molecule has 5 nitrogen and oxygen atoms in total. The predicted molar refractivity (Wildman–Crippen MR) is 51.2 cm³/mol. The molecule has 1 aromatic heterocycles. The molecule has 0 saturated heterocycles. The van der Waals surface area contributed by atoms with Gasteiger partial charge in [-0.1, -0.05) is 13.8 Å². The minimum Gasteiger partial charge on any atom is -0.369 e. The van der Waals surface area contributed by atoms with Gasteiger partial charge in [0.1, 0.15) is 0 Å². The highest BCUT2D eigenvalue weighted by atomic mass is 16.1. The topological polar surface area (TPSA) is 83.8 Å². The lowest BCUT2D eigenvalue weighted by molar-refractivity contribution is 0.585. The zero-order chi connectivity index (χ0) is 9.84. The largest absolute Gasteiger partial charge is 0.369 e. The van der Waals surface area contributed by atoms with Crippen molar-refractivity contribution in [3.63, 3.8) is 0 Å². The van der Waals surface area contributed by atoms with Gasteiger partial charge in [-0.05, 0) is 0 Å². The van der Waals surface area contributed by atoms with Gasteiger partial charge < -0.3 is 11.1 Å². The molecule has 0 amide bonds. The van der Waals surface area contributed by atoms with E-state index in [0.717, 1.165) is 0 Å². The van der Waals surface area contributed by atoms with Crippen LogP contribution in [0.5, 0.6) is 0 Å². The summed E-state index contributed by atoms with van der Waals surface area (Å²) in [6.07, 6.45) is 1.49. The normalized spacial score (nSPS) is 10.7. The van der Waals surface area contributed by atoms with Crippen LogP contribution in [-0.2, 0) is 6.54 Å². The molecule has 0 aromatic carbocycles. The van der Waals surface area contributed by atoms with Crippen molar-refractivity contribution in [3.8, 4) is 0 Å². The van der Waals surface area contributed by atoms with Gasteiger partial charge in [-0.2, -0.15) is 0 Å². The Bertz CT molecular complexity index is 331. The maximum Gasteiger partial charge on any atom is 0.256 e. The Kier molecular flexibility index (Phi) is 3.02. The van der Waals surface area contributed by atoms with Crippen LogP contribution in [-0.4, -0.2) is 16.0 Å². The quantitative estimate of drug-likeness (QED) is 0.607. The smallest absolute Gasteiger partial charge is 0.256 e. The zero-order valence-electron chi connectivity index (χ0n) is 7.79. The monoisotopic (exact) mass is 182 g/mol. The van der Waals surface area contributed by atoms with E-state index in [1.807, 2.05) is 13.8 Å². The molecule has 72 valence electrons. The van der Waals surface area contributed by atoms with Crippen molar-refractivity contribution in [2.45, 2.75) is 26.4 Å². The molecule has 4 N–H and O–H groups in total. The fraction of sp³-hybridized carbons (Fsp3) is 0.500. The van der Waals surface area contributed by atoms with E-state index in [9.17, 15) is 4.79 Å². The first-order valence-corrected chi connectivity index (χ1v) is 4.16. The first kappa shape index (κ1) is 9.73. The van der Waals surface area contributed by atoms with Crippen LogP contribution < -0.4 is 16.6 Å². The van der Waals surface area contributed by atoms with E-state index in [4.69, 9.17) is 5.73 Å². The van der Waals surface area contributed by atoms with Gasteiger partial charge in [0, 0.05) is 24.3 Å². The summed E-state index contributed by atoms with van der Waals surface area (Å²) in [6, 6.07) is 0.344. The molecule has 0 aliphatic heterocycles. The van der Waals surface area contributed by atoms with E-state index >= 15 is 0 Å². The summed E-state index contributed by atoms with van der Waals surface area (Å²) in [5.74, 6) is 0.151. The van der Waals surface area contributed by atoms with Crippen LogP contribution in [0, 0.1) is 0 Å². The number of H-pyrrole nitrogens is 1. The van der Waals surface area contributed by atoms with Gasteiger partial charge in [-0.25, -0.2) is 4.98 Å². The second kappa shape index (κ2) is 4.04. The Morgan fingerprint density at radius 3 is 2.92 bits per heavy atom. The summed E-state index contributed by atoms with van der Waals surface area (Å²) in [5, 5.41) is 3.12. The van der Waals surface area contributed by atoms with E-state index in [1.54, 1.807) is 0 Å². The van der Waals surface area contributed by atoms with Crippen molar-refractivity contribution in [3.05, 3.63) is 22.1 Å². The van der Waals surface area contributed by atoms with Crippen LogP contribution in [0.3, 0.4) is 0 Å². The van der Waals surface area contributed by atoms with Gasteiger partial charge >= 0.3 is 0 Å². The van der Waals surface area contributed by atoms with Crippen LogP contribution in [0.25, 0.3) is 0 Å². The van der Waals surface area contributed by atoms with Crippen LogP contribution in [0.2, 0.25) is 0 Å². The second-order valence-corrected chi connectivity index (χ2v) is 3.16. The number of nitrogens with one attached hydrogen (secondary N) is 2. The third kappa shape index (κ3) is 2.87. The summed E-state index contributed by atoms with van der Waals surface area (Å²) in [6.45, 7) is 4.54. The molecule has 0 atom stereocenters. The van der Waals surface area contributed by atoms with E-state index in [-0.39, 0.29) is 11.5 Å². The Hall–Kier alpha value is -1.36. The molecule has 1 heterocycles. The third-order valence-electron chi connectivity index (χ3n) is 1.59.